The van der Waals surface area contributed by atoms with E-state index in [0.717, 1.165) is 6.54 Å². The number of rotatable bonds is 2. The van der Waals surface area contributed by atoms with Crippen molar-refractivity contribution in [1.29, 1.82) is 0 Å². The zero-order valence-corrected chi connectivity index (χ0v) is 8.57. The van der Waals surface area contributed by atoms with Crippen LogP contribution in [0, 0.1) is 13.8 Å². The molecule has 0 aliphatic carbocycles. The van der Waals surface area contributed by atoms with Crippen molar-refractivity contribution in [3.05, 3.63) is 53.6 Å². The summed E-state index contributed by atoms with van der Waals surface area (Å²) >= 11 is 0. The highest BCUT2D eigenvalue weighted by Crippen LogP contribution is 2.09. The minimum absolute atomic E-state index is 0.938. The Morgan fingerprint density at radius 3 is 2.79 bits per heavy atom. The van der Waals surface area contributed by atoms with Crippen molar-refractivity contribution in [1.82, 2.24) is 9.55 Å². The van der Waals surface area contributed by atoms with E-state index in [1.165, 1.54) is 16.8 Å². The van der Waals surface area contributed by atoms with Crippen molar-refractivity contribution in [2.45, 2.75) is 20.4 Å². The third-order valence-electron chi connectivity index (χ3n) is 2.53. The van der Waals surface area contributed by atoms with Crippen LogP contribution >= 0.6 is 0 Å². The van der Waals surface area contributed by atoms with Crippen molar-refractivity contribution >= 4 is 0 Å². The Balaban J connectivity index is 2.28. The Bertz CT molecular complexity index is 429. The molecule has 0 aliphatic rings. The Morgan fingerprint density at radius 1 is 1.29 bits per heavy atom. The number of hydrogen-bond donors (Lipinski definition) is 0. The molecular formula is C12H14N2. The van der Waals surface area contributed by atoms with Gasteiger partial charge >= 0.3 is 0 Å². The van der Waals surface area contributed by atoms with Crippen molar-refractivity contribution in [2.75, 3.05) is 0 Å². The first-order valence-corrected chi connectivity index (χ1v) is 4.78. The molecule has 0 radical (unpaired) electrons. The van der Waals surface area contributed by atoms with E-state index in [-0.39, 0.29) is 0 Å². The van der Waals surface area contributed by atoms with E-state index in [9.17, 15) is 0 Å². The van der Waals surface area contributed by atoms with Crippen molar-refractivity contribution < 1.29 is 0 Å². The Hall–Kier alpha value is -1.57. The lowest BCUT2D eigenvalue weighted by Crippen LogP contribution is -2.01. The van der Waals surface area contributed by atoms with E-state index in [1.54, 1.807) is 0 Å². The molecule has 0 spiro atoms. The Labute approximate surface area is 84.2 Å². The van der Waals surface area contributed by atoms with Crippen molar-refractivity contribution in [3.63, 3.8) is 0 Å². The maximum absolute atomic E-state index is 4.09. The largest absolute Gasteiger partial charge is 0.347 e. The van der Waals surface area contributed by atoms with E-state index in [0.29, 0.717) is 0 Å². The SMILES string of the molecule is Cc1cnccc1Cn1cccc1C. The molecular weight excluding hydrogens is 172 g/mol. The van der Waals surface area contributed by atoms with Gasteiger partial charge in [-0.1, -0.05) is 0 Å². The van der Waals surface area contributed by atoms with E-state index in [1.807, 2.05) is 12.4 Å². The van der Waals surface area contributed by atoms with Crippen LogP contribution in [0.25, 0.3) is 0 Å². The second-order valence-corrected chi connectivity index (χ2v) is 3.58. The van der Waals surface area contributed by atoms with Crippen LogP contribution in [0.15, 0.2) is 36.8 Å². The third kappa shape index (κ3) is 1.69. The summed E-state index contributed by atoms with van der Waals surface area (Å²) in [6.07, 6.45) is 5.87. The van der Waals surface area contributed by atoms with E-state index >= 15 is 0 Å². The van der Waals surface area contributed by atoms with Gasteiger partial charge in [-0.3, -0.25) is 4.98 Å². The standard InChI is InChI=1S/C12H14N2/c1-10-8-13-6-5-12(10)9-14-7-3-4-11(14)2/h3-8H,9H2,1-2H3. The molecule has 0 bridgehead atoms. The molecule has 2 nitrogen and oxygen atoms in total. The quantitative estimate of drug-likeness (QED) is 0.704. The van der Waals surface area contributed by atoms with E-state index in [4.69, 9.17) is 0 Å². The fraction of sp³-hybridized carbons (Fsp3) is 0.250. The Kier molecular flexibility index (Phi) is 2.35. The zero-order valence-electron chi connectivity index (χ0n) is 8.57. The first kappa shape index (κ1) is 9.00. The molecule has 0 unspecified atom stereocenters. The smallest absolute Gasteiger partial charge is 0.0476 e. The van der Waals surface area contributed by atoms with Gasteiger partial charge in [-0.25, -0.2) is 0 Å². The summed E-state index contributed by atoms with van der Waals surface area (Å²) in [6.45, 7) is 5.16. The molecule has 0 atom stereocenters. The average molecular weight is 186 g/mol. The normalized spacial score (nSPS) is 10.4. The first-order valence-electron chi connectivity index (χ1n) is 4.78. The van der Waals surface area contributed by atoms with Gasteiger partial charge in [-0.05, 0) is 43.2 Å². The van der Waals surface area contributed by atoms with Gasteiger partial charge in [0.25, 0.3) is 0 Å². The fourth-order valence-electron chi connectivity index (χ4n) is 1.54. The Morgan fingerprint density at radius 2 is 2.14 bits per heavy atom. The highest BCUT2D eigenvalue weighted by molar-refractivity contribution is 5.22. The molecule has 0 saturated heterocycles. The molecule has 2 rings (SSSR count). The minimum Gasteiger partial charge on any atom is -0.347 e. The lowest BCUT2D eigenvalue weighted by atomic mass is 10.1. The number of hydrogen-bond acceptors (Lipinski definition) is 1. The van der Waals surface area contributed by atoms with Gasteiger partial charge in [-0.15, -0.1) is 0 Å². The van der Waals surface area contributed by atoms with Crippen LogP contribution in [0.2, 0.25) is 0 Å². The molecule has 0 fully saturated rings. The summed E-state index contributed by atoms with van der Waals surface area (Å²) in [7, 11) is 0. The van der Waals surface area contributed by atoms with Crippen LogP contribution in [0.1, 0.15) is 16.8 Å². The van der Waals surface area contributed by atoms with Crippen LogP contribution in [0.4, 0.5) is 0 Å². The first-order chi connectivity index (χ1) is 6.77. The number of pyridine rings is 1. The maximum Gasteiger partial charge on any atom is 0.0476 e. The second-order valence-electron chi connectivity index (χ2n) is 3.58. The molecule has 72 valence electrons. The zero-order chi connectivity index (χ0) is 9.97. The van der Waals surface area contributed by atoms with Crippen LogP contribution in [-0.2, 0) is 6.54 Å². The van der Waals surface area contributed by atoms with Crippen LogP contribution in [0.3, 0.4) is 0 Å². The van der Waals surface area contributed by atoms with Gasteiger partial charge in [0, 0.05) is 30.8 Å². The fourth-order valence-corrected chi connectivity index (χ4v) is 1.54. The molecule has 0 amide bonds. The molecule has 2 heterocycles. The molecule has 2 aromatic heterocycles. The van der Waals surface area contributed by atoms with Gasteiger partial charge in [0.15, 0.2) is 0 Å². The lowest BCUT2D eigenvalue weighted by molar-refractivity contribution is 0.770. The maximum atomic E-state index is 4.09. The molecule has 2 aromatic rings. The van der Waals surface area contributed by atoms with Crippen molar-refractivity contribution in [3.8, 4) is 0 Å². The highest BCUT2D eigenvalue weighted by atomic mass is 15.0. The second kappa shape index (κ2) is 3.66. The highest BCUT2D eigenvalue weighted by Gasteiger charge is 1.99. The number of nitrogens with zero attached hydrogens (tertiary/aromatic N) is 2. The van der Waals surface area contributed by atoms with Gasteiger partial charge in [0.2, 0.25) is 0 Å². The van der Waals surface area contributed by atoms with Gasteiger partial charge in [0.05, 0.1) is 0 Å². The minimum atomic E-state index is 0.938. The van der Waals surface area contributed by atoms with E-state index < -0.39 is 0 Å². The van der Waals surface area contributed by atoms with Gasteiger partial charge in [0.1, 0.15) is 0 Å². The third-order valence-corrected chi connectivity index (χ3v) is 2.53. The van der Waals surface area contributed by atoms with Gasteiger partial charge < -0.3 is 4.57 Å². The van der Waals surface area contributed by atoms with Crippen LogP contribution in [0.5, 0.6) is 0 Å². The summed E-state index contributed by atoms with van der Waals surface area (Å²) in [5.74, 6) is 0. The van der Waals surface area contributed by atoms with Crippen LogP contribution in [-0.4, -0.2) is 9.55 Å². The molecule has 14 heavy (non-hydrogen) atoms. The summed E-state index contributed by atoms with van der Waals surface area (Å²) in [5.41, 5.74) is 3.88. The molecule has 2 heteroatoms. The molecule has 0 aliphatic heterocycles. The lowest BCUT2D eigenvalue weighted by Gasteiger charge is -2.08. The predicted octanol–water partition coefficient (Wildman–Crippen LogP) is 2.55. The van der Waals surface area contributed by atoms with Crippen molar-refractivity contribution in [2.24, 2.45) is 0 Å². The summed E-state index contributed by atoms with van der Waals surface area (Å²) in [6, 6.07) is 6.27. The number of aryl methyl sites for hydroxylation is 2. The van der Waals surface area contributed by atoms with Crippen LogP contribution < -0.4 is 0 Å². The average Bonchev–Trinajstić information content (AvgIpc) is 2.56. The summed E-state index contributed by atoms with van der Waals surface area (Å²) < 4.78 is 2.24. The summed E-state index contributed by atoms with van der Waals surface area (Å²) in [4.78, 5) is 4.09. The molecule has 0 N–H and O–H groups in total. The molecule has 0 saturated carbocycles. The van der Waals surface area contributed by atoms with Gasteiger partial charge in [-0.2, -0.15) is 0 Å². The molecule has 0 aromatic carbocycles. The van der Waals surface area contributed by atoms with E-state index in [2.05, 4.69) is 47.8 Å². The predicted molar refractivity (Wildman–Crippen MR) is 57.2 cm³/mol. The summed E-state index contributed by atoms with van der Waals surface area (Å²) in [5, 5.41) is 0. The number of aromatic nitrogens is 2. The topological polar surface area (TPSA) is 17.8 Å². The monoisotopic (exact) mass is 186 g/mol.